The summed E-state index contributed by atoms with van der Waals surface area (Å²) >= 11 is 0. The Morgan fingerprint density at radius 2 is 0.946 bits per heavy atom. The molecular formula is C51H32N4O. The topological polar surface area (TPSA) is 56.7 Å². The maximum atomic E-state index is 9.16. The van der Waals surface area contributed by atoms with Gasteiger partial charge in [0.1, 0.15) is 11.2 Å². The van der Waals surface area contributed by atoms with Crippen molar-refractivity contribution in [3.05, 3.63) is 194 Å². The van der Waals surface area contributed by atoms with E-state index < -0.39 is 0 Å². The summed E-state index contributed by atoms with van der Waals surface area (Å²) in [7, 11) is 0. The lowest BCUT2D eigenvalue weighted by molar-refractivity contribution is 0.670. The number of nitrogens with zero attached hydrogens (tertiary/aromatic N) is 4. The molecule has 0 fully saturated rings. The van der Waals surface area contributed by atoms with E-state index in [1.807, 2.05) is 140 Å². The van der Waals surface area contributed by atoms with E-state index in [0.29, 0.717) is 34.3 Å². The Kier molecular flexibility index (Phi) is 6.10. The first-order chi connectivity index (χ1) is 30.2. The Balaban J connectivity index is 1.13. The lowest BCUT2D eigenvalue weighted by atomic mass is 9.95. The normalized spacial score (nSPS) is 13.1. The monoisotopic (exact) mass is 722 g/mol. The molecule has 0 saturated heterocycles. The fraction of sp³-hybridized carbons (Fsp3) is 0. The predicted molar refractivity (Wildman–Crippen MR) is 229 cm³/mol. The highest BCUT2D eigenvalue weighted by Crippen LogP contribution is 2.42. The van der Waals surface area contributed by atoms with Crippen molar-refractivity contribution in [3.63, 3.8) is 0 Å². The summed E-state index contributed by atoms with van der Waals surface area (Å²) < 4.78 is 61.7. The molecule has 11 aromatic rings. The van der Waals surface area contributed by atoms with Crippen molar-refractivity contribution < 1.29 is 12.6 Å². The van der Waals surface area contributed by atoms with Crippen LogP contribution in [0.3, 0.4) is 0 Å². The summed E-state index contributed by atoms with van der Waals surface area (Å²) in [5.74, 6) is 1.68. The van der Waals surface area contributed by atoms with Crippen LogP contribution in [0.25, 0.3) is 106 Å². The van der Waals surface area contributed by atoms with Gasteiger partial charge in [0.2, 0.25) is 0 Å². The summed E-state index contributed by atoms with van der Waals surface area (Å²) in [6, 6.07) is 49.5. The van der Waals surface area contributed by atoms with Gasteiger partial charge in [-0.25, -0.2) is 15.0 Å². The van der Waals surface area contributed by atoms with Gasteiger partial charge in [0, 0.05) is 49.4 Å². The quantitative estimate of drug-likeness (QED) is 0.171. The number of benzene rings is 8. The minimum Gasteiger partial charge on any atom is -0.455 e. The Bertz CT molecular complexity index is 3460. The van der Waals surface area contributed by atoms with Crippen LogP contribution in [0.5, 0.6) is 0 Å². The highest BCUT2D eigenvalue weighted by Gasteiger charge is 2.20. The van der Waals surface area contributed by atoms with Gasteiger partial charge in [-0.3, -0.25) is 0 Å². The average Bonchev–Trinajstić information content (AvgIpc) is 3.88. The first-order valence-electron chi connectivity index (χ1n) is 21.3. The maximum absolute atomic E-state index is 9.16. The van der Waals surface area contributed by atoms with Crippen LogP contribution in [0.1, 0.15) is 8.22 Å². The standard InChI is InChI=1S/C51H32N4O/c1-3-14-34(15-4-1)49-52-50(35-16-5-2-6-17-35)54-51(53-49)36-28-26-33(27-29-36)37-30-31-46(55-44-23-10-7-18-38(44)39-19-8-11-24-45(39)55)43(32-37)42-22-13-21-41-40-20-9-12-25-47(40)56-48(41)42/h1-32H/i7D,8D,18D,19D,23D,24D. The second-order valence-corrected chi connectivity index (χ2v) is 13.5. The van der Waals surface area contributed by atoms with E-state index in [1.165, 1.54) is 12.1 Å². The molecule has 5 nitrogen and oxygen atoms in total. The highest BCUT2D eigenvalue weighted by molar-refractivity contribution is 6.12. The SMILES string of the molecule is [2H]c1cc([2H])c2c(c1[2H])c1c([2H])c([2H])cc([2H])c1n2-c1ccc(-c2ccc(-c3nc(-c4ccccc4)nc(-c4ccccc4)n3)cc2)cc1-c1cccc2c1oc1ccccc12. The number of hydrogen-bond donors (Lipinski definition) is 0. The molecule has 0 amide bonds. The van der Waals surface area contributed by atoms with E-state index in [1.54, 1.807) is 4.57 Å². The van der Waals surface area contributed by atoms with Gasteiger partial charge in [-0.15, -0.1) is 0 Å². The summed E-state index contributed by atoms with van der Waals surface area (Å²) in [6.07, 6.45) is 0. The van der Waals surface area contributed by atoms with Crippen molar-refractivity contribution in [2.24, 2.45) is 0 Å². The molecule has 0 bridgehead atoms. The van der Waals surface area contributed by atoms with Crippen LogP contribution >= 0.6 is 0 Å². The molecule has 3 heterocycles. The lowest BCUT2D eigenvalue weighted by Gasteiger charge is -2.16. The molecule has 0 aliphatic rings. The molecule has 5 heteroatoms. The Morgan fingerprint density at radius 1 is 0.411 bits per heavy atom. The van der Waals surface area contributed by atoms with E-state index >= 15 is 0 Å². The highest BCUT2D eigenvalue weighted by atomic mass is 16.3. The van der Waals surface area contributed by atoms with E-state index in [2.05, 4.69) is 6.07 Å². The molecule has 0 unspecified atom stereocenters. The summed E-state index contributed by atoms with van der Waals surface area (Å²) in [4.78, 5) is 14.7. The molecule has 0 atom stereocenters. The molecule has 11 rings (SSSR count). The van der Waals surface area contributed by atoms with Gasteiger partial charge in [-0.05, 0) is 41.4 Å². The van der Waals surface area contributed by atoms with Crippen molar-refractivity contribution in [3.8, 4) is 62.1 Å². The Morgan fingerprint density at radius 3 is 1.59 bits per heavy atom. The van der Waals surface area contributed by atoms with Crippen LogP contribution in [0.15, 0.2) is 198 Å². The van der Waals surface area contributed by atoms with Crippen molar-refractivity contribution in [2.75, 3.05) is 0 Å². The van der Waals surface area contributed by atoms with Crippen molar-refractivity contribution in [1.29, 1.82) is 0 Å². The molecule has 0 aliphatic heterocycles. The van der Waals surface area contributed by atoms with E-state index in [0.717, 1.165) is 49.7 Å². The van der Waals surface area contributed by atoms with Gasteiger partial charge >= 0.3 is 0 Å². The summed E-state index contributed by atoms with van der Waals surface area (Å²) in [5, 5.41) is 2.28. The average molecular weight is 723 g/mol. The molecule has 0 radical (unpaired) electrons. The Hall–Kier alpha value is -7.63. The molecule has 0 saturated carbocycles. The van der Waals surface area contributed by atoms with E-state index in [9.17, 15) is 0 Å². The van der Waals surface area contributed by atoms with Crippen LogP contribution < -0.4 is 0 Å². The number of rotatable bonds is 6. The summed E-state index contributed by atoms with van der Waals surface area (Å²) in [6.45, 7) is 0. The molecule has 8 aromatic carbocycles. The second kappa shape index (κ2) is 13.0. The molecule has 56 heavy (non-hydrogen) atoms. The van der Waals surface area contributed by atoms with Gasteiger partial charge in [0.15, 0.2) is 17.5 Å². The third-order valence-electron chi connectivity index (χ3n) is 10.2. The first-order valence-corrected chi connectivity index (χ1v) is 18.3. The second-order valence-electron chi connectivity index (χ2n) is 13.5. The van der Waals surface area contributed by atoms with Gasteiger partial charge < -0.3 is 8.98 Å². The third kappa shape index (κ3) is 5.29. The van der Waals surface area contributed by atoms with Crippen molar-refractivity contribution in [1.82, 2.24) is 19.5 Å². The molecular weight excluding hydrogens is 685 g/mol. The first kappa shape index (κ1) is 26.2. The lowest BCUT2D eigenvalue weighted by Crippen LogP contribution is -2.00. The zero-order valence-electron chi connectivity index (χ0n) is 35.7. The number of aromatic nitrogens is 4. The number of fused-ring (bicyclic) bond motifs is 6. The van der Waals surface area contributed by atoms with Crippen LogP contribution in [-0.2, 0) is 0 Å². The molecule has 262 valence electrons. The van der Waals surface area contributed by atoms with Gasteiger partial charge in [0.05, 0.1) is 24.9 Å². The van der Waals surface area contributed by atoms with Gasteiger partial charge in [-0.1, -0.05) is 164 Å². The number of furan rings is 1. The van der Waals surface area contributed by atoms with Gasteiger partial charge in [0.25, 0.3) is 0 Å². The van der Waals surface area contributed by atoms with E-state index in [-0.39, 0.29) is 58.1 Å². The maximum Gasteiger partial charge on any atom is 0.164 e. The smallest absolute Gasteiger partial charge is 0.164 e. The molecule has 0 N–H and O–H groups in total. The largest absolute Gasteiger partial charge is 0.455 e. The summed E-state index contributed by atoms with van der Waals surface area (Å²) in [5.41, 5.74) is 8.37. The molecule has 0 aliphatic carbocycles. The zero-order valence-corrected chi connectivity index (χ0v) is 29.7. The Labute approximate surface area is 331 Å². The predicted octanol–water partition coefficient (Wildman–Crippen LogP) is 13.2. The molecule has 3 aromatic heterocycles. The molecule has 0 spiro atoms. The minimum atomic E-state index is -0.168. The third-order valence-corrected chi connectivity index (χ3v) is 10.2. The fourth-order valence-electron chi connectivity index (χ4n) is 7.59. The van der Waals surface area contributed by atoms with Crippen LogP contribution in [-0.4, -0.2) is 19.5 Å². The minimum absolute atomic E-state index is 0.0285. The number of hydrogen-bond acceptors (Lipinski definition) is 4. The van der Waals surface area contributed by atoms with Crippen LogP contribution in [0.4, 0.5) is 0 Å². The number of para-hydroxylation sites is 4. The zero-order chi connectivity index (χ0) is 42.2. The van der Waals surface area contributed by atoms with E-state index in [4.69, 9.17) is 27.6 Å². The fourth-order valence-corrected chi connectivity index (χ4v) is 7.59. The van der Waals surface area contributed by atoms with Crippen LogP contribution in [0.2, 0.25) is 0 Å². The van der Waals surface area contributed by atoms with Crippen molar-refractivity contribution >= 4 is 43.7 Å². The van der Waals surface area contributed by atoms with Crippen molar-refractivity contribution in [2.45, 2.75) is 0 Å². The van der Waals surface area contributed by atoms with Crippen LogP contribution in [0, 0.1) is 0 Å². The van der Waals surface area contributed by atoms with Gasteiger partial charge in [-0.2, -0.15) is 0 Å².